The van der Waals surface area contributed by atoms with Gasteiger partial charge in [-0.05, 0) is 26.0 Å². The van der Waals surface area contributed by atoms with Crippen LogP contribution in [0.5, 0.6) is 0 Å². The number of hydrogen-bond donors (Lipinski definition) is 1. The van der Waals surface area contributed by atoms with Crippen molar-refractivity contribution in [3.8, 4) is 6.07 Å². The lowest BCUT2D eigenvalue weighted by molar-refractivity contribution is -0.127. The smallest absolute Gasteiger partial charge is 0.223 e. The number of nitrogens with one attached hydrogen (secondary N) is 1. The number of nitriles is 1. The molecule has 1 aliphatic rings. The van der Waals surface area contributed by atoms with Gasteiger partial charge < -0.3 is 10.2 Å². The van der Waals surface area contributed by atoms with Crippen molar-refractivity contribution in [1.29, 1.82) is 5.26 Å². The van der Waals surface area contributed by atoms with Crippen molar-refractivity contribution >= 4 is 11.7 Å². The number of hydrogen-bond acceptors (Lipinski definition) is 6. The van der Waals surface area contributed by atoms with E-state index in [0.717, 1.165) is 17.0 Å². The highest BCUT2D eigenvalue weighted by Crippen LogP contribution is 2.39. The number of aryl methyl sites for hydroxylation is 2. The van der Waals surface area contributed by atoms with Gasteiger partial charge in [0.1, 0.15) is 11.9 Å². The largest absolute Gasteiger partial charge is 0.368 e. The van der Waals surface area contributed by atoms with Crippen LogP contribution in [0.3, 0.4) is 0 Å². The highest BCUT2D eigenvalue weighted by Gasteiger charge is 2.40. The Morgan fingerprint density at radius 3 is 2.64 bits per heavy atom. The van der Waals surface area contributed by atoms with E-state index in [0.29, 0.717) is 18.8 Å². The predicted octanol–water partition coefficient (Wildman–Crippen LogP) is 1.33. The fourth-order valence-corrected chi connectivity index (χ4v) is 3.50. The summed E-state index contributed by atoms with van der Waals surface area (Å²) in [5, 5.41) is 24.3. The van der Waals surface area contributed by atoms with E-state index >= 15 is 0 Å². The molecule has 0 radical (unpaired) electrons. The number of nitrogens with zero attached hydrogens (tertiary/aromatic N) is 6. The van der Waals surface area contributed by atoms with E-state index < -0.39 is 0 Å². The first-order valence-corrected chi connectivity index (χ1v) is 8.15. The number of amides is 1. The van der Waals surface area contributed by atoms with E-state index in [1.54, 1.807) is 12.1 Å². The molecule has 3 rings (SSSR count). The van der Waals surface area contributed by atoms with Crippen LogP contribution < -0.4 is 5.32 Å². The number of carbonyl (C=O) groups is 1. The van der Waals surface area contributed by atoms with Gasteiger partial charge in [0.2, 0.25) is 5.91 Å². The van der Waals surface area contributed by atoms with Gasteiger partial charge in [0.05, 0.1) is 11.7 Å². The number of aromatic nitrogens is 4. The van der Waals surface area contributed by atoms with Crippen molar-refractivity contribution in [2.75, 3.05) is 18.9 Å². The molecule has 130 valence electrons. The van der Waals surface area contributed by atoms with Gasteiger partial charge in [-0.25, -0.2) is 0 Å². The summed E-state index contributed by atoms with van der Waals surface area (Å²) >= 11 is 0. The average Bonchev–Trinajstić information content (AvgIpc) is 3.01. The molecule has 25 heavy (non-hydrogen) atoms. The SMILES string of the molecule is Cc1nn(C)c(C)c1[C@H]1[C@H](CNc2ccc(C#N)nn2)CC(=O)N1C. The second-order valence-electron chi connectivity index (χ2n) is 6.42. The first-order chi connectivity index (χ1) is 11.9. The summed E-state index contributed by atoms with van der Waals surface area (Å²) < 4.78 is 1.86. The minimum Gasteiger partial charge on any atom is -0.368 e. The third-order valence-electron chi connectivity index (χ3n) is 4.88. The van der Waals surface area contributed by atoms with Gasteiger partial charge in [-0.15, -0.1) is 10.2 Å². The molecule has 2 aromatic rings. The maximum atomic E-state index is 12.3. The number of anilines is 1. The quantitative estimate of drug-likeness (QED) is 0.902. The van der Waals surface area contributed by atoms with E-state index in [1.807, 2.05) is 43.6 Å². The normalized spacial score (nSPS) is 20.0. The summed E-state index contributed by atoms with van der Waals surface area (Å²) in [6.07, 6.45) is 0.478. The third kappa shape index (κ3) is 3.05. The Hall–Kier alpha value is -2.95. The first kappa shape index (κ1) is 16.9. The third-order valence-corrected chi connectivity index (χ3v) is 4.88. The molecule has 0 unspecified atom stereocenters. The van der Waals surface area contributed by atoms with Crippen LogP contribution in [0.2, 0.25) is 0 Å². The first-order valence-electron chi connectivity index (χ1n) is 8.15. The van der Waals surface area contributed by atoms with Crippen LogP contribution >= 0.6 is 0 Å². The lowest BCUT2D eigenvalue weighted by atomic mass is 9.92. The van der Waals surface area contributed by atoms with Crippen LogP contribution in [0.25, 0.3) is 0 Å². The highest BCUT2D eigenvalue weighted by molar-refractivity contribution is 5.79. The molecule has 1 aliphatic heterocycles. The Balaban J connectivity index is 1.81. The second-order valence-corrected chi connectivity index (χ2v) is 6.42. The molecule has 1 amide bonds. The van der Waals surface area contributed by atoms with Gasteiger partial charge in [-0.1, -0.05) is 0 Å². The molecule has 0 bridgehead atoms. The summed E-state index contributed by atoms with van der Waals surface area (Å²) in [5.41, 5.74) is 3.43. The van der Waals surface area contributed by atoms with Gasteiger partial charge in [0.25, 0.3) is 0 Å². The molecular weight excluding hydrogens is 318 g/mol. The van der Waals surface area contributed by atoms with Crippen LogP contribution in [0.15, 0.2) is 12.1 Å². The van der Waals surface area contributed by atoms with Gasteiger partial charge >= 0.3 is 0 Å². The Kier molecular flexibility index (Phi) is 4.40. The van der Waals surface area contributed by atoms with Crippen molar-refractivity contribution in [3.05, 3.63) is 34.8 Å². The summed E-state index contributed by atoms with van der Waals surface area (Å²) in [4.78, 5) is 14.1. The Morgan fingerprint density at radius 1 is 1.32 bits per heavy atom. The highest BCUT2D eigenvalue weighted by atomic mass is 16.2. The zero-order chi connectivity index (χ0) is 18.1. The fraction of sp³-hybridized carbons (Fsp3) is 0.471. The lowest BCUT2D eigenvalue weighted by Crippen LogP contribution is -2.27. The maximum absolute atomic E-state index is 12.3. The molecule has 2 aromatic heterocycles. The second kappa shape index (κ2) is 6.51. The molecule has 1 fully saturated rings. The molecule has 8 nitrogen and oxygen atoms in total. The molecule has 0 saturated carbocycles. The van der Waals surface area contributed by atoms with E-state index in [4.69, 9.17) is 5.26 Å². The lowest BCUT2D eigenvalue weighted by Gasteiger charge is -2.26. The zero-order valence-corrected chi connectivity index (χ0v) is 14.8. The predicted molar refractivity (Wildman–Crippen MR) is 91.5 cm³/mol. The molecule has 3 heterocycles. The molecule has 0 aliphatic carbocycles. The number of rotatable bonds is 4. The summed E-state index contributed by atoms with van der Waals surface area (Å²) in [6.45, 7) is 4.60. The standard InChI is InChI=1S/C17H21N7O/c1-10-16(11(2)24(4)22-10)17-12(7-15(25)23(17)3)9-19-14-6-5-13(8-18)20-21-14/h5-6,12,17H,7,9H2,1-4H3,(H,19,21)/t12-,17+/m0/s1. The van der Waals surface area contributed by atoms with E-state index in [-0.39, 0.29) is 23.6 Å². The van der Waals surface area contributed by atoms with E-state index in [2.05, 4.69) is 20.6 Å². The molecule has 1 N–H and O–H groups in total. The zero-order valence-electron chi connectivity index (χ0n) is 14.8. The monoisotopic (exact) mass is 339 g/mol. The van der Waals surface area contributed by atoms with E-state index in [1.165, 1.54) is 0 Å². The molecule has 2 atom stereocenters. The molecule has 0 aromatic carbocycles. The Morgan fingerprint density at radius 2 is 2.08 bits per heavy atom. The van der Waals surface area contributed by atoms with Crippen LogP contribution in [0, 0.1) is 31.1 Å². The molecular formula is C17H21N7O. The van der Waals surface area contributed by atoms with Gasteiger partial charge in [0.15, 0.2) is 5.69 Å². The fourth-order valence-electron chi connectivity index (χ4n) is 3.50. The van der Waals surface area contributed by atoms with Gasteiger partial charge in [-0.3, -0.25) is 9.48 Å². The summed E-state index contributed by atoms with van der Waals surface area (Å²) in [5.74, 6) is 0.835. The van der Waals surface area contributed by atoms with Crippen molar-refractivity contribution in [2.24, 2.45) is 13.0 Å². The van der Waals surface area contributed by atoms with Gasteiger partial charge in [0, 0.05) is 44.2 Å². The van der Waals surface area contributed by atoms with Crippen molar-refractivity contribution in [3.63, 3.8) is 0 Å². The van der Waals surface area contributed by atoms with Gasteiger partial charge in [-0.2, -0.15) is 10.4 Å². The molecule has 1 saturated heterocycles. The van der Waals surface area contributed by atoms with Crippen molar-refractivity contribution in [1.82, 2.24) is 24.9 Å². The Bertz CT molecular complexity index is 834. The number of carbonyl (C=O) groups excluding carboxylic acids is 1. The maximum Gasteiger partial charge on any atom is 0.223 e. The van der Waals surface area contributed by atoms with Crippen LogP contribution in [-0.2, 0) is 11.8 Å². The minimum absolute atomic E-state index is 0.0139. The molecule has 8 heteroatoms. The molecule has 0 spiro atoms. The summed E-state index contributed by atoms with van der Waals surface area (Å²) in [7, 11) is 3.77. The Labute approximate surface area is 146 Å². The summed E-state index contributed by atoms with van der Waals surface area (Å²) in [6, 6.07) is 5.27. The number of likely N-dealkylation sites (tertiary alicyclic amines) is 1. The van der Waals surface area contributed by atoms with E-state index in [9.17, 15) is 4.79 Å². The van der Waals surface area contributed by atoms with Crippen molar-refractivity contribution in [2.45, 2.75) is 26.3 Å². The van der Waals surface area contributed by atoms with Crippen LogP contribution in [0.4, 0.5) is 5.82 Å². The van der Waals surface area contributed by atoms with Crippen molar-refractivity contribution < 1.29 is 4.79 Å². The van der Waals surface area contributed by atoms with Crippen LogP contribution in [-0.4, -0.2) is 44.4 Å². The minimum atomic E-state index is -0.0139. The van der Waals surface area contributed by atoms with Crippen LogP contribution in [0.1, 0.15) is 35.1 Å². The average molecular weight is 339 g/mol. The topological polar surface area (TPSA) is 99.7 Å².